The summed E-state index contributed by atoms with van der Waals surface area (Å²) in [6.07, 6.45) is -3.25. The molecule has 0 atom stereocenters. The van der Waals surface area contributed by atoms with Crippen molar-refractivity contribution >= 4 is 11.7 Å². The number of hydrogen-bond acceptors (Lipinski definition) is 1. The molecule has 0 unspecified atom stereocenters. The van der Waals surface area contributed by atoms with Crippen molar-refractivity contribution in [2.45, 2.75) is 45.7 Å². The molecule has 2 aromatic rings. The van der Waals surface area contributed by atoms with Gasteiger partial charge < -0.3 is 10.6 Å². The Hall–Kier alpha value is -2.50. The summed E-state index contributed by atoms with van der Waals surface area (Å²) in [6.45, 7) is 6.39. The molecule has 146 valence electrons. The number of benzene rings is 2. The molecule has 0 bridgehead atoms. The minimum atomic E-state index is -4.36. The zero-order valence-corrected chi connectivity index (χ0v) is 15.8. The maximum absolute atomic E-state index is 12.8. The van der Waals surface area contributed by atoms with Gasteiger partial charge in [0.05, 0.1) is 5.56 Å². The number of nitrogens with one attached hydrogen (secondary N) is 2. The van der Waals surface area contributed by atoms with E-state index in [1.165, 1.54) is 6.07 Å². The van der Waals surface area contributed by atoms with Gasteiger partial charge in [-0.2, -0.15) is 13.2 Å². The van der Waals surface area contributed by atoms with E-state index in [1.54, 1.807) is 6.07 Å². The van der Waals surface area contributed by atoms with Gasteiger partial charge in [0.25, 0.3) is 0 Å². The van der Waals surface area contributed by atoms with Crippen LogP contribution in [0, 0.1) is 0 Å². The van der Waals surface area contributed by atoms with E-state index in [2.05, 4.69) is 24.5 Å². The molecule has 2 aromatic carbocycles. The van der Waals surface area contributed by atoms with E-state index >= 15 is 0 Å². The van der Waals surface area contributed by atoms with Crippen LogP contribution in [0.3, 0.4) is 0 Å². The van der Waals surface area contributed by atoms with Gasteiger partial charge in [-0.1, -0.05) is 57.2 Å². The topological polar surface area (TPSA) is 41.1 Å². The van der Waals surface area contributed by atoms with Crippen molar-refractivity contribution in [3.8, 4) is 0 Å². The molecule has 2 N–H and O–H groups in total. The van der Waals surface area contributed by atoms with Crippen LogP contribution in [0.15, 0.2) is 42.5 Å². The monoisotopic (exact) mass is 378 g/mol. The van der Waals surface area contributed by atoms with Crippen molar-refractivity contribution < 1.29 is 18.0 Å². The van der Waals surface area contributed by atoms with Crippen molar-refractivity contribution in [3.05, 3.63) is 64.7 Å². The van der Waals surface area contributed by atoms with Gasteiger partial charge in [-0.3, -0.25) is 0 Å². The minimum Gasteiger partial charge on any atom is -0.338 e. The van der Waals surface area contributed by atoms with Crippen LogP contribution in [-0.4, -0.2) is 12.6 Å². The maximum atomic E-state index is 12.8. The first kappa shape index (κ1) is 20.8. The van der Waals surface area contributed by atoms with Gasteiger partial charge in [-0.25, -0.2) is 4.79 Å². The smallest absolute Gasteiger partial charge is 0.338 e. The highest BCUT2D eigenvalue weighted by atomic mass is 19.4. The third-order valence-corrected chi connectivity index (χ3v) is 4.38. The highest BCUT2D eigenvalue weighted by Gasteiger charge is 2.30. The third kappa shape index (κ3) is 5.74. The molecule has 0 heterocycles. The highest BCUT2D eigenvalue weighted by molar-refractivity contribution is 5.91. The molecule has 6 heteroatoms. The normalized spacial score (nSPS) is 11.5. The van der Waals surface area contributed by atoms with E-state index in [0.29, 0.717) is 12.0 Å². The number of para-hydroxylation sites is 1. The van der Waals surface area contributed by atoms with Gasteiger partial charge in [-0.15, -0.1) is 0 Å². The lowest BCUT2D eigenvalue weighted by Crippen LogP contribution is -2.31. The Morgan fingerprint density at radius 3 is 2.44 bits per heavy atom. The van der Waals surface area contributed by atoms with E-state index in [4.69, 9.17) is 0 Å². The lowest BCUT2D eigenvalue weighted by molar-refractivity contribution is -0.137. The van der Waals surface area contributed by atoms with Crippen LogP contribution in [0.5, 0.6) is 0 Å². The Kier molecular flexibility index (Phi) is 6.88. The molecule has 2 amide bonds. The average molecular weight is 378 g/mol. The number of anilines is 1. The standard InChI is InChI=1S/C21H25F3N2O/c1-4-16-8-6-10-18(14(2)3)19(16)26-20(27)25-12-11-15-7-5-9-17(13-15)21(22,23)24/h5-10,13-14H,4,11-12H2,1-3H3,(H2,25,26,27). The molecule has 0 aliphatic heterocycles. The van der Waals surface area contributed by atoms with Crippen LogP contribution in [-0.2, 0) is 19.0 Å². The summed E-state index contributed by atoms with van der Waals surface area (Å²) in [4.78, 5) is 12.3. The van der Waals surface area contributed by atoms with E-state index in [0.717, 1.165) is 35.4 Å². The van der Waals surface area contributed by atoms with Crippen molar-refractivity contribution in [1.29, 1.82) is 0 Å². The first-order valence-corrected chi connectivity index (χ1v) is 9.05. The first-order valence-electron chi connectivity index (χ1n) is 9.05. The van der Waals surface area contributed by atoms with Gasteiger partial charge in [0.2, 0.25) is 0 Å². The molecular formula is C21H25F3N2O. The van der Waals surface area contributed by atoms with E-state index < -0.39 is 11.7 Å². The van der Waals surface area contributed by atoms with Crippen LogP contribution in [0.1, 0.15) is 48.9 Å². The number of aryl methyl sites for hydroxylation is 1. The zero-order chi connectivity index (χ0) is 20.0. The van der Waals surface area contributed by atoms with Gasteiger partial charge >= 0.3 is 12.2 Å². The SMILES string of the molecule is CCc1cccc(C(C)C)c1NC(=O)NCCc1cccc(C(F)(F)F)c1. The lowest BCUT2D eigenvalue weighted by Gasteiger charge is -2.18. The molecule has 0 saturated heterocycles. The van der Waals surface area contributed by atoms with E-state index in [-0.39, 0.29) is 18.5 Å². The summed E-state index contributed by atoms with van der Waals surface area (Å²) in [7, 11) is 0. The van der Waals surface area contributed by atoms with Crippen molar-refractivity contribution in [2.24, 2.45) is 0 Å². The number of alkyl halides is 3. The lowest BCUT2D eigenvalue weighted by atomic mass is 9.96. The fraction of sp³-hybridized carbons (Fsp3) is 0.381. The Bertz CT molecular complexity index is 785. The summed E-state index contributed by atoms with van der Waals surface area (Å²) in [5, 5.41) is 5.63. The molecule has 2 rings (SSSR count). The Labute approximate surface area is 158 Å². The molecule has 0 spiro atoms. The van der Waals surface area contributed by atoms with Gasteiger partial charge in [0.1, 0.15) is 0 Å². The Morgan fingerprint density at radius 1 is 1.11 bits per heavy atom. The second-order valence-electron chi connectivity index (χ2n) is 6.72. The van der Waals surface area contributed by atoms with Crippen molar-refractivity contribution in [3.63, 3.8) is 0 Å². The summed E-state index contributed by atoms with van der Waals surface area (Å²) >= 11 is 0. The first-order chi connectivity index (χ1) is 12.7. The molecule has 0 radical (unpaired) electrons. The highest BCUT2D eigenvalue weighted by Crippen LogP contribution is 2.30. The number of rotatable bonds is 6. The van der Waals surface area contributed by atoms with Gasteiger partial charge in [0, 0.05) is 12.2 Å². The van der Waals surface area contributed by atoms with Crippen LogP contribution >= 0.6 is 0 Å². The summed E-state index contributed by atoms with van der Waals surface area (Å²) in [6, 6.07) is 10.7. The van der Waals surface area contributed by atoms with E-state index in [9.17, 15) is 18.0 Å². The second-order valence-corrected chi connectivity index (χ2v) is 6.72. The van der Waals surface area contributed by atoms with Gasteiger partial charge in [-0.05, 0) is 41.5 Å². The van der Waals surface area contributed by atoms with Crippen LogP contribution in [0.4, 0.5) is 23.7 Å². The summed E-state index contributed by atoms with van der Waals surface area (Å²) in [5.74, 6) is 0.261. The number of carbonyl (C=O) groups excluding carboxylic acids is 1. The van der Waals surface area contributed by atoms with Crippen LogP contribution in [0.25, 0.3) is 0 Å². The number of halogens is 3. The van der Waals surface area contributed by atoms with E-state index in [1.807, 2.05) is 25.1 Å². The number of urea groups is 1. The molecule has 0 saturated carbocycles. The largest absolute Gasteiger partial charge is 0.416 e. The van der Waals surface area contributed by atoms with Crippen molar-refractivity contribution in [2.75, 3.05) is 11.9 Å². The van der Waals surface area contributed by atoms with Gasteiger partial charge in [0.15, 0.2) is 0 Å². The molecule has 27 heavy (non-hydrogen) atoms. The molecule has 0 fully saturated rings. The average Bonchev–Trinajstić information content (AvgIpc) is 2.61. The fourth-order valence-electron chi connectivity index (χ4n) is 2.93. The molecule has 0 aliphatic rings. The minimum absolute atomic E-state index is 0.248. The molecule has 3 nitrogen and oxygen atoms in total. The Balaban J connectivity index is 1.98. The fourth-order valence-corrected chi connectivity index (χ4v) is 2.93. The van der Waals surface area contributed by atoms with Crippen LogP contribution < -0.4 is 10.6 Å². The summed E-state index contributed by atoms with van der Waals surface area (Å²) in [5.41, 5.74) is 2.77. The maximum Gasteiger partial charge on any atom is 0.416 e. The molecule has 0 aliphatic carbocycles. The van der Waals surface area contributed by atoms with Crippen LogP contribution in [0.2, 0.25) is 0 Å². The molecular weight excluding hydrogens is 353 g/mol. The number of hydrogen-bond donors (Lipinski definition) is 2. The number of carbonyl (C=O) groups is 1. The quantitative estimate of drug-likeness (QED) is 0.660. The van der Waals surface area contributed by atoms with Crippen molar-refractivity contribution in [1.82, 2.24) is 5.32 Å². The predicted molar refractivity (Wildman–Crippen MR) is 102 cm³/mol. The summed E-state index contributed by atoms with van der Waals surface area (Å²) < 4.78 is 38.3. The number of amides is 2. The Morgan fingerprint density at radius 2 is 1.81 bits per heavy atom. The third-order valence-electron chi connectivity index (χ3n) is 4.38. The zero-order valence-electron chi connectivity index (χ0n) is 15.8. The second kappa shape index (κ2) is 8.93. The molecule has 0 aromatic heterocycles. The predicted octanol–water partition coefficient (Wildman–Crippen LogP) is 5.76.